The number of para-hydroxylation sites is 1. The number of aliphatic hydroxyl groups excluding tert-OH is 1. The Balaban J connectivity index is 1.76. The van der Waals surface area contributed by atoms with Gasteiger partial charge in [0.1, 0.15) is 10.8 Å². The molecule has 22 heavy (non-hydrogen) atoms. The van der Waals surface area contributed by atoms with Crippen molar-refractivity contribution < 1.29 is 5.11 Å². The summed E-state index contributed by atoms with van der Waals surface area (Å²) in [7, 11) is 0. The molecule has 0 unspecified atom stereocenters. The van der Waals surface area contributed by atoms with E-state index in [9.17, 15) is 5.11 Å². The Morgan fingerprint density at radius 1 is 1.23 bits per heavy atom. The number of fused-ring (bicyclic) bond motifs is 2. The minimum atomic E-state index is -0.330. The number of nitrogens with zero attached hydrogens (tertiary/aromatic N) is 2. The number of hydrogen-bond donors (Lipinski definition) is 2. The molecule has 1 aromatic carbocycles. The summed E-state index contributed by atoms with van der Waals surface area (Å²) < 4.78 is 0. The van der Waals surface area contributed by atoms with E-state index in [1.807, 2.05) is 18.2 Å². The molecule has 3 aliphatic rings. The molecular formula is C17H21N3OS. The zero-order valence-electron chi connectivity index (χ0n) is 12.5. The fourth-order valence-electron chi connectivity index (χ4n) is 3.80. The van der Waals surface area contributed by atoms with Crippen LogP contribution in [0.5, 0.6) is 0 Å². The van der Waals surface area contributed by atoms with Crippen LogP contribution in [0.15, 0.2) is 29.3 Å². The van der Waals surface area contributed by atoms with E-state index in [1.165, 1.54) is 25.7 Å². The molecular weight excluding hydrogens is 294 g/mol. The van der Waals surface area contributed by atoms with Crippen molar-refractivity contribution in [1.82, 2.24) is 4.90 Å². The average molecular weight is 315 g/mol. The Hall–Kier alpha value is -1.46. The van der Waals surface area contributed by atoms with Crippen LogP contribution in [0.2, 0.25) is 0 Å². The Morgan fingerprint density at radius 2 is 2.00 bits per heavy atom. The summed E-state index contributed by atoms with van der Waals surface area (Å²) in [5.41, 5.74) is 2.07. The molecule has 2 N–H and O–H groups in total. The molecule has 0 aromatic heterocycles. The lowest BCUT2D eigenvalue weighted by atomic mass is 10.1. The van der Waals surface area contributed by atoms with E-state index in [2.05, 4.69) is 16.3 Å². The van der Waals surface area contributed by atoms with Crippen molar-refractivity contribution in [1.29, 1.82) is 0 Å². The summed E-state index contributed by atoms with van der Waals surface area (Å²) in [6, 6.07) is 8.63. The van der Waals surface area contributed by atoms with Crippen molar-refractivity contribution in [3.05, 3.63) is 29.8 Å². The number of amidine groups is 1. The van der Waals surface area contributed by atoms with Gasteiger partial charge >= 0.3 is 0 Å². The third kappa shape index (κ3) is 2.42. The van der Waals surface area contributed by atoms with Crippen molar-refractivity contribution in [2.24, 2.45) is 4.99 Å². The largest absolute Gasteiger partial charge is 0.391 e. The maximum Gasteiger partial charge on any atom is 0.124 e. The van der Waals surface area contributed by atoms with Crippen LogP contribution in [0.3, 0.4) is 0 Å². The van der Waals surface area contributed by atoms with Crippen molar-refractivity contribution in [2.45, 2.75) is 50.3 Å². The topological polar surface area (TPSA) is 47.9 Å². The second kappa shape index (κ2) is 5.63. The molecule has 2 aliphatic heterocycles. The summed E-state index contributed by atoms with van der Waals surface area (Å²) in [5, 5.41) is 13.6. The highest BCUT2D eigenvalue weighted by Gasteiger charge is 2.39. The maximum atomic E-state index is 10.1. The molecule has 1 saturated carbocycles. The first kappa shape index (κ1) is 14.2. The minimum Gasteiger partial charge on any atom is -0.391 e. The Morgan fingerprint density at radius 3 is 2.82 bits per heavy atom. The van der Waals surface area contributed by atoms with Gasteiger partial charge in [-0.2, -0.15) is 0 Å². The van der Waals surface area contributed by atoms with Crippen LogP contribution in [-0.4, -0.2) is 45.6 Å². The highest BCUT2D eigenvalue weighted by molar-refractivity contribution is 7.80. The smallest absolute Gasteiger partial charge is 0.124 e. The van der Waals surface area contributed by atoms with Gasteiger partial charge in [-0.05, 0) is 25.0 Å². The molecule has 4 rings (SSSR count). The van der Waals surface area contributed by atoms with Crippen molar-refractivity contribution in [3.63, 3.8) is 0 Å². The number of benzene rings is 1. The number of rotatable bonds is 1. The molecule has 0 amide bonds. The molecule has 1 saturated heterocycles. The number of thiocarbonyl (C=S) groups is 1. The molecule has 0 spiro atoms. The van der Waals surface area contributed by atoms with E-state index in [1.54, 1.807) is 0 Å². The summed E-state index contributed by atoms with van der Waals surface area (Å²) in [4.78, 5) is 7.96. The Labute approximate surface area is 136 Å². The average Bonchev–Trinajstić information content (AvgIpc) is 3.13. The van der Waals surface area contributed by atoms with Crippen LogP contribution in [0, 0.1) is 0 Å². The van der Waals surface area contributed by atoms with Gasteiger partial charge in [0.25, 0.3) is 0 Å². The van der Waals surface area contributed by atoms with Crippen LogP contribution in [0.1, 0.15) is 37.7 Å². The normalized spacial score (nSPS) is 30.1. The molecule has 116 valence electrons. The molecule has 2 heterocycles. The zero-order chi connectivity index (χ0) is 15.1. The van der Waals surface area contributed by atoms with E-state index in [0.29, 0.717) is 19.0 Å². The SMILES string of the molecule is O[C@@H]1C[C@H]2C(=NC3CCCC3)Nc3ccccc3C(=S)N2C1. The molecule has 2 fully saturated rings. The molecule has 0 radical (unpaired) electrons. The van der Waals surface area contributed by atoms with Crippen LogP contribution in [0.4, 0.5) is 5.69 Å². The van der Waals surface area contributed by atoms with Crippen LogP contribution in [0.25, 0.3) is 0 Å². The second-order valence-electron chi connectivity index (χ2n) is 6.49. The summed E-state index contributed by atoms with van der Waals surface area (Å²) >= 11 is 5.69. The fraction of sp³-hybridized carbons (Fsp3) is 0.529. The minimum absolute atomic E-state index is 0.0792. The van der Waals surface area contributed by atoms with Gasteiger partial charge in [-0.1, -0.05) is 37.2 Å². The van der Waals surface area contributed by atoms with Crippen molar-refractivity contribution >= 4 is 28.7 Å². The highest BCUT2D eigenvalue weighted by Crippen LogP contribution is 2.31. The first-order valence-electron chi connectivity index (χ1n) is 8.15. The van der Waals surface area contributed by atoms with E-state index in [-0.39, 0.29) is 12.1 Å². The van der Waals surface area contributed by atoms with Crippen molar-refractivity contribution in [2.75, 3.05) is 11.9 Å². The first-order valence-corrected chi connectivity index (χ1v) is 8.56. The summed E-state index contributed by atoms with van der Waals surface area (Å²) in [6.45, 7) is 0.600. The third-order valence-corrected chi connectivity index (χ3v) is 5.38. The predicted octanol–water partition coefficient (Wildman–Crippen LogP) is 2.56. The van der Waals surface area contributed by atoms with E-state index in [4.69, 9.17) is 17.2 Å². The Bertz CT molecular complexity index is 624. The number of aliphatic hydroxyl groups is 1. The van der Waals surface area contributed by atoms with Gasteiger partial charge in [-0.15, -0.1) is 0 Å². The molecule has 4 nitrogen and oxygen atoms in total. The lowest BCUT2D eigenvalue weighted by Gasteiger charge is -2.25. The monoisotopic (exact) mass is 315 g/mol. The van der Waals surface area contributed by atoms with Gasteiger partial charge in [-0.25, -0.2) is 0 Å². The molecule has 5 heteroatoms. The molecule has 1 aliphatic carbocycles. The van der Waals surface area contributed by atoms with Gasteiger partial charge in [0, 0.05) is 24.2 Å². The van der Waals surface area contributed by atoms with E-state index in [0.717, 1.165) is 22.1 Å². The van der Waals surface area contributed by atoms with Gasteiger partial charge < -0.3 is 15.3 Å². The van der Waals surface area contributed by atoms with E-state index < -0.39 is 0 Å². The standard InChI is InChI=1S/C17H21N3OS/c21-12-9-15-16(18-11-5-1-2-6-11)19-14-8-4-3-7-13(14)17(22)20(15)10-12/h3-4,7-8,11-12,15,21H,1-2,5-6,9-10H2,(H,18,19)/t12-,15+/m1/s1. The van der Waals surface area contributed by atoms with Crippen LogP contribution < -0.4 is 5.32 Å². The maximum absolute atomic E-state index is 10.1. The Kier molecular flexibility index (Phi) is 3.62. The van der Waals surface area contributed by atoms with Crippen LogP contribution >= 0.6 is 12.2 Å². The summed E-state index contributed by atoms with van der Waals surface area (Å²) in [6.07, 6.45) is 5.26. The molecule has 2 atom stereocenters. The molecule has 0 bridgehead atoms. The number of anilines is 1. The van der Waals surface area contributed by atoms with Gasteiger partial charge in [0.2, 0.25) is 0 Å². The second-order valence-corrected chi connectivity index (χ2v) is 6.87. The van der Waals surface area contributed by atoms with Crippen LogP contribution in [-0.2, 0) is 0 Å². The number of aliphatic imine (C=N–C) groups is 1. The quantitative estimate of drug-likeness (QED) is 0.782. The first-order chi connectivity index (χ1) is 10.7. The fourth-order valence-corrected chi connectivity index (χ4v) is 4.18. The van der Waals surface area contributed by atoms with Gasteiger partial charge in [0.05, 0.1) is 18.2 Å². The lowest BCUT2D eigenvalue weighted by molar-refractivity contribution is 0.188. The number of hydrogen-bond acceptors (Lipinski definition) is 3. The zero-order valence-corrected chi connectivity index (χ0v) is 13.4. The molecule has 1 aromatic rings. The van der Waals surface area contributed by atoms with Gasteiger partial charge in [0.15, 0.2) is 0 Å². The third-order valence-electron chi connectivity index (χ3n) is 4.92. The predicted molar refractivity (Wildman–Crippen MR) is 92.6 cm³/mol. The number of nitrogens with one attached hydrogen (secondary N) is 1. The van der Waals surface area contributed by atoms with E-state index >= 15 is 0 Å². The summed E-state index contributed by atoms with van der Waals surface area (Å²) in [5.74, 6) is 0.982. The van der Waals surface area contributed by atoms with Gasteiger partial charge in [-0.3, -0.25) is 4.99 Å². The highest BCUT2D eigenvalue weighted by atomic mass is 32.1. The lowest BCUT2D eigenvalue weighted by Crippen LogP contribution is -2.40. The van der Waals surface area contributed by atoms with Crippen molar-refractivity contribution in [3.8, 4) is 0 Å².